The minimum absolute atomic E-state index is 0.215. The molecule has 0 aliphatic carbocycles. The van der Waals surface area contributed by atoms with Crippen LogP contribution in [-0.2, 0) is 16.0 Å². The first-order valence-electron chi connectivity index (χ1n) is 13.8. The quantitative estimate of drug-likeness (QED) is 0.197. The van der Waals surface area contributed by atoms with E-state index in [0.717, 1.165) is 30.4 Å². The third-order valence-electron chi connectivity index (χ3n) is 6.76. The van der Waals surface area contributed by atoms with E-state index in [4.69, 9.17) is 0 Å². The third kappa shape index (κ3) is 11.1. The summed E-state index contributed by atoms with van der Waals surface area (Å²) < 4.78 is 0. The van der Waals surface area contributed by atoms with Gasteiger partial charge in [0.1, 0.15) is 0 Å². The summed E-state index contributed by atoms with van der Waals surface area (Å²) in [5.41, 5.74) is 2.51. The summed E-state index contributed by atoms with van der Waals surface area (Å²) in [5.74, 6) is -2.61. The van der Waals surface area contributed by atoms with Crippen LogP contribution in [0.5, 0.6) is 0 Å². The Morgan fingerprint density at radius 2 is 1.18 bits per heavy atom. The van der Waals surface area contributed by atoms with Crippen molar-refractivity contribution in [3.8, 4) is 0 Å². The molecule has 0 radical (unpaired) electrons. The second-order valence-electron chi connectivity index (χ2n) is 10.9. The van der Waals surface area contributed by atoms with E-state index in [9.17, 15) is 19.8 Å². The molecule has 0 aliphatic rings. The van der Waals surface area contributed by atoms with Crippen LogP contribution in [0.25, 0.3) is 0 Å². The fourth-order valence-electron chi connectivity index (χ4n) is 5.03. The van der Waals surface area contributed by atoms with Crippen LogP contribution in [-0.4, -0.2) is 22.2 Å². The van der Waals surface area contributed by atoms with Gasteiger partial charge in [-0.2, -0.15) is 0 Å². The summed E-state index contributed by atoms with van der Waals surface area (Å²) >= 11 is 0. The minimum Gasteiger partial charge on any atom is -0.481 e. The van der Waals surface area contributed by atoms with E-state index in [2.05, 4.69) is 6.92 Å². The third-order valence-corrected chi connectivity index (χ3v) is 6.76. The van der Waals surface area contributed by atoms with Crippen molar-refractivity contribution in [3.05, 3.63) is 34.9 Å². The first-order valence-corrected chi connectivity index (χ1v) is 13.8. The predicted molar refractivity (Wildman–Crippen MR) is 142 cm³/mol. The lowest BCUT2D eigenvalue weighted by atomic mass is 9.78. The van der Waals surface area contributed by atoms with Crippen molar-refractivity contribution in [1.29, 1.82) is 0 Å². The molecular weight excluding hydrogens is 424 g/mol. The van der Waals surface area contributed by atoms with Crippen LogP contribution >= 0.6 is 0 Å². The summed E-state index contributed by atoms with van der Waals surface area (Å²) in [5, 5.41) is 20.1. The van der Waals surface area contributed by atoms with E-state index in [-0.39, 0.29) is 11.8 Å². The molecule has 2 unspecified atom stereocenters. The molecule has 2 atom stereocenters. The predicted octanol–water partition coefficient (Wildman–Crippen LogP) is 8.58. The average Bonchev–Trinajstić information content (AvgIpc) is 2.76. The Balaban J connectivity index is 2.98. The van der Waals surface area contributed by atoms with Crippen molar-refractivity contribution >= 4 is 11.9 Å². The van der Waals surface area contributed by atoms with Gasteiger partial charge in [0, 0.05) is 0 Å². The molecule has 0 spiro atoms. The number of carboxylic acids is 2. The molecule has 0 fully saturated rings. The topological polar surface area (TPSA) is 74.6 Å². The molecule has 34 heavy (non-hydrogen) atoms. The van der Waals surface area contributed by atoms with Crippen molar-refractivity contribution < 1.29 is 19.8 Å². The molecule has 0 saturated heterocycles. The highest BCUT2D eigenvalue weighted by Crippen LogP contribution is 2.37. The van der Waals surface area contributed by atoms with Gasteiger partial charge in [-0.15, -0.1) is 0 Å². The van der Waals surface area contributed by atoms with Crippen LogP contribution in [0.15, 0.2) is 18.2 Å². The maximum absolute atomic E-state index is 12.3. The first kappa shape index (κ1) is 30.2. The van der Waals surface area contributed by atoms with E-state index in [1.54, 1.807) is 0 Å². The van der Waals surface area contributed by atoms with Gasteiger partial charge >= 0.3 is 11.9 Å². The van der Waals surface area contributed by atoms with E-state index in [0.29, 0.717) is 18.4 Å². The molecule has 4 nitrogen and oxygen atoms in total. The highest BCUT2D eigenvalue weighted by atomic mass is 16.4. The summed E-state index contributed by atoms with van der Waals surface area (Å²) in [6, 6.07) is 5.81. The number of carbonyl (C=O) groups is 2. The number of aliphatic carboxylic acids is 2. The van der Waals surface area contributed by atoms with Crippen molar-refractivity contribution in [2.75, 3.05) is 0 Å². The molecule has 1 aromatic rings. The lowest BCUT2D eigenvalue weighted by Crippen LogP contribution is -2.22. The second kappa shape index (κ2) is 16.7. The van der Waals surface area contributed by atoms with Crippen molar-refractivity contribution in [2.24, 2.45) is 11.8 Å². The zero-order valence-corrected chi connectivity index (χ0v) is 22.4. The van der Waals surface area contributed by atoms with Gasteiger partial charge in [0.15, 0.2) is 0 Å². The minimum atomic E-state index is -0.861. The summed E-state index contributed by atoms with van der Waals surface area (Å²) in [4.78, 5) is 24.6. The fraction of sp³-hybridized carbons (Fsp3) is 0.733. The van der Waals surface area contributed by atoms with Crippen LogP contribution in [0.4, 0.5) is 0 Å². The maximum Gasteiger partial charge on any atom is 0.311 e. The summed E-state index contributed by atoms with van der Waals surface area (Å²) in [6.45, 7) is 10.3. The van der Waals surface area contributed by atoms with Gasteiger partial charge in [0.05, 0.1) is 11.8 Å². The molecule has 0 saturated carbocycles. The molecule has 0 aliphatic heterocycles. The zero-order valence-electron chi connectivity index (χ0n) is 22.4. The molecule has 0 bridgehead atoms. The van der Waals surface area contributed by atoms with E-state index >= 15 is 0 Å². The fourth-order valence-corrected chi connectivity index (χ4v) is 5.03. The van der Waals surface area contributed by atoms with Gasteiger partial charge in [-0.25, -0.2) is 0 Å². The van der Waals surface area contributed by atoms with Gasteiger partial charge in [-0.1, -0.05) is 111 Å². The van der Waals surface area contributed by atoms with Crippen LogP contribution in [0, 0.1) is 11.8 Å². The van der Waals surface area contributed by atoms with Gasteiger partial charge < -0.3 is 10.2 Å². The van der Waals surface area contributed by atoms with Gasteiger partial charge in [0.2, 0.25) is 0 Å². The summed E-state index contributed by atoms with van der Waals surface area (Å²) in [6.07, 6.45) is 14.4. The number of carboxylic acid groups (broad SMARTS) is 2. The van der Waals surface area contributed by atoms with Crippen LogP contribution in [0.3, 0.4) is 0 Å². The van der Waals surface area contributed by atoms with Gasteiger partial charge in [-0.3, -0.25) is 9.59 Å². The number of rotatable bonds is 19. The van der Waals surface area contributed by atoms with Crippen LogP contribution < -0.4 is 0 Å². The largest absolute Gasteiger partial charge is 0.481 e. The Morgan fingerprint density at radius 3 is 1.65 bits per heavy atom. The second-order valence-corrected chi connectivity index (χ2v) is 10.9. The van der Waals surface area contributed by atoms with Gasteiger partial charge in [0.25, 0.3) is 0 Å². The van der Waals surface area contributed by atoms with Crippen molar-refractivity contribution in [3.63, 3.8) is 0 Å². The molecule has 194 valence electrons. The molecule has 0 aromatic heterocycles. The number of unbranched alkanes of at least 4 members (excludes halogenated alkanes) is 9. The Hall–Kier alpha value is -1.84. The lowest BCUT2D eigenvalue weighted by Gasteiger charge is -2.26. The highest BCUT2D eigenvalue weighted by Gasteiger charge is 2.31. The standard InChI is InChI=1S/C30H50O4/c1-6-7-8-9-10-11-12-13-14-15-17-24-18-16-19-25(26(29(31)32)20-22(2)3)28(24)27(30(33)34)21-23(4)5/h16,18-19,22-23,26-27H,6-15,17,20-21H2,1-5H3,(H,31,32)(H,33,34). The number of hydrogen-bond acceptors (Lipinski definition) is 2. The lowest BCUT2D eigenvalue weighted by molar-refractivity contribution is -0.140. The maximum atomic E-state index is 12.3. The Labute approximate surface area is 208 Å². The van der Waals surface area contributed by atoms with Crippen molar-refractivity contribution in [2.45, 2.75) is 130 Å². The number of aryl methyl sites for hydroxylation is 1. The van der Waals surface area contributed by atoms with E-state index < -0.39 is 23.8 Å². The van der Waals surface area contributed by atoms with Crippen LogP contribution in [0.2, 0.25) is 0 Å². The van der Waals surface area contributed by atoms with E-state index in [1.165, 1.54) is 51.4 Å². The summed E-state index contributed by atoms with van der Waals surface area (Å²) in [7, 11) is 0. The molecule has 0 amide bonds. The Bertz CT molecular complexity index is 723. The molecule has 2 N–H and O–H groups in total. The van der Waals surface area contributed by atoms with Crippen LogP contribution in [0.1, 0.15) is 140 Å². The molecule has 1 aromatic carbocycles. The van der Waals surface area contributed by atoms with Gasteiger partial charge in [-0.05, 0) is 54.2 Å². The van der Waals surface area contributed by atoms with E-state index in [1.807, 2.05) is 45.9 Å². The monoisotopic (exact) mass is 474 g/mol. The molecule has 1 rings (SSSR count). The Morgan fingerprint density at radius 1 is 0.706 bits per heavy atom. The molecular formula is C30H50O4. The average molecular weight is 475 g/mol. The first-order chi connectivity index (χ1) is 16.2. The number of hydrogen-bond donors (Lipinski definition) is 2. The SMILES string of the molecule is CCCCCCCCCCCCc1cccc(C(CC(C)C)C(=O)O)c1C(CC(C)C)C(=O)O. The zero-order chi connectivity index (χ0) is 25.5. The normalized spacial score (nSPS) is 13.4. The smallest absolute Gasteiger partial charge is 0.311 e. The molecule has 0 heterocycles. The highest BCUT2D eigenvalue weighted by molar-refractivity contribution is 5.81. The number of benzene rings is 1. The van der Waals surface area contributed by atoms with Crippen molar-refractivity contribution in [1.82, 2.24) is 0 Å². The Kier molecular flexibility index (Phi) is 14.9. The molecule has 4 heteroatoms.